The standard InChI is InChI=1S/C25H32FNO3.C20H27F4NO2.2CH4/c1-3-19(4-2)18-25(29)12-14-27(15-13-25)24(28)17-20-6-5-7-23(16-20)30-22-10-8-21(26)9-11-22;1-3-14(4-2)13-19(27)5-7-25(8-6-19)18(26)11-15-9-16(20(22,23)24)12-17(21)10-15;;/h5-11,16,19,29H,3-4,12-15,17-18H2,1-2H3;9-10,12,14,27H,3-8,11,13H2,1-2H3;2*1H4. The van der Waals surface area contributed by atoms with Gasteiger partial charge in [-0.25, -0.2) is 8.78 Å². The topological polar surface area (TPSA) is 90.3 Å². The lowest BCUT2D eigenvalue weighted by Crippen LogP contribution is -2.47. The highest BCUT2D eigenvalue weighted by Crippen LogP contribution is 2.34. The van der Waals surface area contributed by atoms with Crippen molar-refractivity contribution < 1.29 is 46.5 Å². The van der Waals surface area contributed by atoms with E-state index in [1.54, 1.807) is 17.0 Å². The number of ether oxygens (including phenoxy) is 1. The molecule has 3 aromatic rings. The van der Waals surface area contributed by atoms with Crippen LogP contribution in [0, 0.1) is 23.5 Å². The van der Waals surface area contributed by atoms with Crippen LogP contribution in [-0.2, 0) is 28.6 Å². The predicted molar refractivity (Wildman–Crippen MR) is 224 cm³/mol. The number of amides is 2. The Morgan fingerprint density at radius 1 is 0.644 bits per heavy atom. The zero-order chi connectivity index (χ0) is 41.8. The molecule has 0 saturated carbocycles. The Morgan fingerprint density at radius 2 is 1.10 bits per heavy atom. The minimum atomic E-state index is -4.66. The Bertz CT molecular complexity index is 1730. The number of carbonyl (C=O) groups is 2. The average molecular weight is 835 g/mol. The van der Waals surface area contributed by atoms with Gasteiger partial charge in [0.05, 0.1) is 29.6 Å². The molecule has 2 saturated heterocycles. The van der Waals surface area contributed by atoms with Crippen LogP contribution in [0.15, 0.2) is 66.7 Å². The third kappa shape index (κ3) is 15.8. The Kier molecular flexibility index (Phi) is 20.0. The summed E-state index contributed by atoms with van der Waals surface area (Å²) >= 11 is 0. The largest absolute Gasteiger partial charge is 0.457 e. The molecule has 0 aromatic heterocycles. The van der Waals surface area contributed by atoms with Crippen molar-refractivity contribution in [2.24, 2.45) is 11.8 Å². The van der Waals surface area contributed by atoms with E-state index in [0.717, 1.165) is 49.8 Å². The zero-order valence-corrected chi connectivity index (χ0v) is 33.7. The third-order valence-corrected chi connectivity index (χ3v) is 11.7. The summed E-state index contributed by atoms with van der Waals surface area (Å²) in [5, 5.41) is 21.7. The van der Waals surface area contributed by atoms with Crippen LogP contribution >= 0.6 is 0 Å². The van der Waals surface area contributed by atoms with E-state index in [9.17, 15) is 41.8 Å². The number of alkyl halides is 3. The molecule has 59 heavy (non-hydrogen) atoms. The molecule has 0 unspecified atom stereocenters. The van der Waals surface area contributed by atoms with Gasteiger partial charge in [-0.05, 0) is 116 Å². The van der Waals surface area contributed by atoms with Crippen molar-refractivity contribution in [3.63, 3.8) is 0 Å². The maximum absolute atomic E-state index is 13.5. The summed E-state index contributed by atoms with van der Waals surface area (Å²) in [6.07, 6.45) is 3.20. The second-order valence-corrected chi connectivity index (χ2v) is 15.9. The van der Waals surface area contributed by atoms with Crippen molar-refractivity contribution in [1.82, 2.24) is 9.80 Å². The lowest BCUT2D eigenvalue weighted by atomic mass is 9.81. The van der Waals surface area contributed by atoms with Gasteiger partial charge in [-0.1, -0.05) is 80.4 Å². The fourth-order valence-electron chi connectivity index (χ4n) is 7.83. The zero-order valence-electron chi connectivity index (χ0n) is 33.7. The van der Waals surface area contributed by atoms with E-state index in [0.29, 0.717) is 94.1 Å². The fourth-order valence-corrected chi connectivity index (χ4v) is 7.83. The second kappa shape index (κ2) is 23.1. The van der Waals surface area contributed by atoms with Crippen LogP contribution in [0.5, 0.6) is 11.5 Å². The van der Waals surface area contributed by atoms with E-state index < -0.39 is 28.8 Å². The highest BCUT2D eigenvalue weighted by atomic mass is 19.4. The van der Waals surface area contributed by atoms with Gasteiger partial charge in [0.15, 0.2) is 0 Å². The van der Waals surface area contributed by atoms with Crippen molar-refractivity contribution >= 4 is 11.8 Å². The molecule has 0 atom stereocenters. The van der Waals surface area contributed by atoms with Gasteiger partial charge in [0.25, 0.3) is 0 Å². The Balaban J connectivity index is 0.000000396. The number of nitrogens with zero attached hydrogens (tertiary/aromatic N) is 2. The maximum Gasteiger partial charge on any atom is 0.416 e. The van der Waals surface area contributed by atoms with Crippen LogP contribution in [0.3, 0.4) is 0 Å². The summed E-state index contributed by atoms with van der Waals surface area (Å²) in [4.78, 5) is 28.6. The average Bonchev–Trinajstić information content (AvgIpc) is 3.17. The Morgan fingerprint density at radius 3 is 1.54 bits per heavy atom. The molecule has 2 fully saturated rings. The van der Waals surface area contributed by atoms with Crippen molar-refractivity contribution in [1.29, 1.82) is 0 Å². The predicted octanol–water partition coefficient (Wildman–Crippen LogP) is 11.2. The summed E-state index contributed by atoms with van der Waals surface area (Å²) in [7, 11) is 0. The molecule has 0 bridgehead atoms. The van der Waals surface area contributed by atoms with Crippen LogP contribution in [0.4, 0.5) is 22.0 Å². The van der Waals surface area contributed by atoms with Crippen LogP contribution in [0.25, 0.3) is 0 Å². The normalized spacial score (nSPS) is 16.1. The quantitative estimate of drug-likeness (QED) is 0.158. The van der Waals surface area contributed by atoms with E-state index in [1.807, 2.05) is 29.2 Å². The first-order valence-electron chi connectivity index (χ1n) is 20.4. The molecule has 2 aliphatic rings. The highest BCUT2D eigenvalue weighted by Gasteiger charge is 2.37. The van der Waals surface area contributed by atoms with E-state index in [2.05, 4.69) is 27.7 Å². The number of hydrogen-bond donors (Lipinski definition) is 2. The molecule has 5 rings (SSSR count). The van der Waals surface area contributed by atoms with Gasteiger partial charge in [0, 0.05) is 26.2 Å². The number of aliphatic hydroxyl groups is 2. The first-order chi connectivity index (χ1) is 27.0. The summed E-state index contributed by atoms with van der Waals surface area (Å²) in [6, 6.07) is 15.5. The summed E-state index contributed by atoms with van der Waals surface area (Å²) in [6.45, 7) is 10.4. The fraction of sp³-hybridized carbons (Fsp3) is 0.574. The first-order valence-corrected chi connectivity index (χ1v) is 20.4. The van der Waals surface area contributed by atoms with Gasteiger partial charge in [-0.15, -0.1) is 0 Å². The monoisotopic (exact) mass is 834 g/mol. The lowest BCUT2D eigenvalue weighted by molar-refractivity contribution is -0.138. The number of likely N-dealkylation sites (tertiary alicyclic amines) is 2. The molecule has 7 nitrogen and oxygen atoms in total. The molecule has 0 spiro atoms. The molecule has 0 aliphatic carbocycles. The number of halogens is 5. The van der Waals surface area contributed by atoms with Gasteiger partial charge >= 0.3 is 6.18 Å². The van der Waals surface area contributed by atoms with Crippen LogP contribution in [0.2, 0.25) is 0 Å². The van der Waals surface area contributed by atoms with Gasteiger partial charge in [0.2, 0.25) is 11.8 Å². The Hall–Kier alpha value is -4.03. The van der Waals surface area contributed by atoms with Crippen molar-refractivity contribution in [3.8, 4) is 11.5 Å². The van der Waals surface area contributed by atoms with Crippen molar-refractivity contribution in [2.75, 3.05) is 26.2 Å². The smallest absolute Gasteiger partial charge is 0.416 e. The summed E-state index contributed by atoms with van der Waals surface area (Å²) in [5.41, 5.74) is -1.65. The molecule has 2 aliphatic heterocycles. The van der Waals surface area contributed by atoms with E-state index in [1.165, 1.54) is 12.1 Å². The Labute approximate surface area is 349 Å². The molecule has 2 heterocycles. The van der Waals surface area contributed by atoms with Crippen molar-refractivity contribution in [2.45, 2.75) is 137 Å². The van der Waals surface area contributed by atoms with Gasteiger partial charge < -0.3 is 24.7 Å². The molecular weight excluding hydrogens is 768 g/mol. The first kappa shape index (κ1) is 51.1. The van der Waals surface area contributed by atoms with Gasteiger partial charge in [-0.3, -0.25) is 9.59 Å². The molecular formula is C47H67F5N2O5. The lowest BCUT2D eigenvalue weighted by Gasteiger charge is -2.40. The summed E-state index contributed by atoms with van der Waals surface area (Å²) in [5.74, 6) is 0.543. The van der Waals surface area contributed by atoms with Gasteiger partial charge in [-0.2, -0.15) is 13.2 Å². The molecule has 0 radical (unpaired) electrons. The summed E-state index contributed by atoms with van der Waals surface area (Å²) < 4.78 is 70.7. The van der Waals surface area contributed by atoms with Crippen LogP contribution < -0.4 is 4.74 Å². The van der Waals surface area contributed by atoms with Crippen LogP contribution in [0.1, 0.15) is 123 Å². The number of rotatable bonds is 14. The highest BCUT2D eigenvalue weighted by molar-refractivity contribution is 5.79. The SMILES string of the molecule is C.C.CCC(CC)CC1(O)CCN(C(=O)Cc2cc(F)cc(C(F)(F)F)c2)CC1.CCC(CC)CC1(O)CCN(C(=O)Cc2cccc(Oc3ccc(F)cc3)c2)CC1. The third-order valence-electron chi connectivity index (χ3n) is 11.7. The molecule has 330 valence electrons. The van der Waals surface area contributed by atoms with E-state index in [4.69, 9.17) is 4.74 Å². The number of piperidine rings is 2. The van der Waals surface area contributed by atoms with Gasteiger partial charge in [0.1, 0.15) is 23.1 Å². The van der Waals surface area contributed by atoms with Crippen molar-refractivity contribution in [3.05, 3.63) is 95.1 Å². The van der Waals surface area contributed by atoms with E-state index in [-0.39, 0.29) is 44.5 Å². The van der Waals surface area contributed by atoms with E-state index >= 15 is 0 Å². The maximum atomic E-state index is 13.5. The number of carbonyl (C=O) groups excluding carboxylic acids is 2. The number of benzene rings is 3. The van der Waals surface area contributed by atoms with Crippen LogP contribution in [-0.4, -0.2) is 69.2 Å². The molecule has 2 amide bonds. The molecule has 3 aromatic carbocycles. The minimum absolute atomic E-state index is 0. The second-order valence-electron chi connectivity index (χ2n) is 15.9. The molecule has 2 N–H and O–H groups in total. The minimum Gasteiger partial charge on any atom is -0.457 e. The number of hydrogen-bond acceptors (Lipinski definition) is 5. The molecule has 12 heteroatoms.